The number of benzene rings is 4. The van der Waals surface area contributed by atoms with E-state index in [1.54, 1.807) is 5.57 Å². The minimum atomic E-state index is -0.00501. The van der Waals surface area contributed by atoms with Crippen LogP contribution in [0.25, 0.3) is 32.3 Å². The molecule has 1 saturated carbocycles. The highest BCUT2D eigenvalue weighted by Crippen LogP contribution is 2.36. The molecule has 0 aromatic heterocycles. The Bertz CT molecular complexity index is 1230. The molecular weight excluding hydrogens is 356 g/mol. The number of nitrogens with one attached hydrogen (secondary N) is 2. The summed E-state index contributed by atoms with van der Waals surface area (Å²) in [4.78, 5) is 13.1. The topological polar surface area (TPSA) is 41.1 Å². The lowest BCUT2D eigenvalue weighted by molar-refractivity contribution is 0.0953. The van der Waals surface area contributed by atoms with Crippen molar-refractivity contribution >= 4 is 38.2 Å². The highest BCUT2D eigenvalue weighted by atomic mass is 16.1. The molecule has 1 unspecified atom stereocenters. The Morgan fingerprint density at radius 1 is 0.931 bits per heavy atom. The molecule has 0 heterocycles. The van der Waals surface area contributed by atoms with Crippen LogP contribution in [0.4, 0.5) is 0 Å². The molecule has 3 heteroatoms. The molecule has 4 aromatic carbocycles. The Balaban J connectivity index is 1.50. The number of hydrogen-bond acceptors (Lipinski definition) is 2. The molecule has 1 amide bonds. The van der Waals surface area contributed by atoms with Gasteiger partial charge in [0.2, 0.25) is 0 Å². The van der Waals surface area contributed by atoms with Gasteiger partial charge in [-0.2, -0.15) is 0 Å². The predicted molar refractivity (Wildman–Crippen MR) is 122 cm³/mol. The summed E-state index contributed by atoms with van der Waals surface area (Å²) in [6.45, 7) is 2.80. The van der Waals surface area contributed by atoms with Gasteiger partial charge in [-0.15, -0.1) is 0 Å². The van der Waals surface area contributed by atoms with Crippen LogP contribution in [0.3, 0.4) is 0 Å². The van der Waals surface area contributed by atoms with E-state index in [1.807, 2.05) is 13.1 Å². The van der Waals surface area contributed by atoms with E-state index < -0.39 is 0 Å². The Kier molecular flexibility index (Phi) is 4.48. The van der Waals surface area contributed by atoms with E-state index in [0.717, 1.165) is 10.9 Å². The maximum absolute atomic E-state index is 13.1. The Hall–Kier alpha value is -2.91. The first-order valence-electron chi connectivity index (χ1n) is 10.5. The molecule has 0 bridgehead atoms. The summed E-state index contributed by atoms with van der Waals surface area (Å²) in [7, 11) is 1.97. The van der Waals surface area contributed by atoms with Gasteiger partial charge in [0.15, 0.2) is 0 Å². The van der Waals surface area contributed by atoms with E-state index in [1.165, 1.54) is 51.8 Å². The monoisotopic (exact) mass is 382 g/mol. The van der Waals surface area contributed by atoms with Crippen LogP contribution in [0.5, 0.6) is 0 Å². The van der Waals surface area contributed by atoms with Gasteiger partial charge < -0.3 is 10.6 Å². The SMILES string of the molecule is CNC(CNC(=O)c1ccc2ccc3cccc4ccc1c2c34)C(C)=C1CCC1. The van der Waals surface area contributed by atoms with E-state index in [9.17, 15) is 4.79 Å². The highest BCUT2D eigenvalue weighted by Gasteiger charge is 2.20. The summed E-state index contributed by atoms with van der Waals surface area (Å²) in [6.07, 6.45) is 3.69. The maximum atomic E-state index is 13.1. The first-order valence-corrected chi connectivity index (χ1v) is 10.5. The first-order chi connectivity index (χ1) is 14.2. The van der Waals surface area contributed by atoms with E-state index in [0.29, 0.717) is 6.54 Å². The smallest absolute Gasteiger partial charge is 0.251 e. The Labute approximate surface area is 171 Å². The van der Waals surface area contributed by atoms with Gasteiger partial charge in [-0.25, -0.2) is 0 Å². The van der Waals surface area contributed by atoms with Crippen molar-refractivity contribution in [3.05, 3.63) is 71.3 Å². The van der Waals surface area contributed by atoms with Crippen molar-refractivity contribution < 1.29 is 4.79 Å². The van der Waals surface area contributed by atoms with Gasteiger partial charge in [0.25, 0.3) is 5.91 Å². The fourth-order valence-electron chi connectivity index (χ4n) is 4.69. The van der Waals surface area contributed by atoms with Crippen molar-refractivity contribution in [3.8, 4) is 0 Å². The largest absolute Gasteiger partial charge is 0.350 e. The summed E-state index contributed by atoms with van der Waals surface area (Å²) in [5.74, 6) is -0.00501. The van der Waals surface area contributed by atoms with E-state index in [-0.39, 0.29) is 11.9 Å². The summed E-state index contributed by atoms with van der Waals surface area (Å²) in [5.41, 5.74) is 3.68. The molecule has 0 saturated heterocycles. The number of allylic oxidation sites excluding steroid dienone is 1. The molecule has 0 spiro atoms. The second kappa shape index (κ2) is 7.16. The number of rotatable bonds is 5. The average Bonchev–Trinajstić information content (AvgIpc) is 2.71. The molecular formula is C26H26N2O. The minimum Gasteiger partial charge on any atom is -0.350 e. The fourth-order valence-corrected chi connectivity index (χ4v) is 4.69. The van der Waals surface area contributed by atoms with Crippen LogP contribution in [0, 0.1) is 0 Å². The Morgan fingerprint density at radius 3 is 2.24 bits per heavy atom. The third-order valence-electron chi connectivity index (χ3n) is 6.63. The zero-order chi connectivity index (χ0) is 20.0. The molecule has 4 aromatic rings. The number of hydrogen-bond donors (Lipinski definition) is 2. The Morgan fingerprint density at radius 2 is 1.59 bits per heavy atom. The molecule has 3 nitrogen and oxygen atoms in total. The van der Waals surface area contributed by atoms with Gasteiger partial charge in [-0.3, -0.25) is 4.79 Å². The van der Waals surface area contributed by atoms with Crippen molar-refractivity contribution in [1.29, 1.82) is 0 Å². The number of carbonyl (C=O) groups is 1. The normalized spacial score (nSPS) is 15.0. The van der Waals surface area contributed by atoms with Crippen LogP contribution in [0.2, 0.25) is 0 Å². The van der Waals surface area contributed by atoms with Gasteiger partial charge in [0.1, 0.15) is 0 Å². The van der Waals surface area contributed by atoms with Crippen LogP contribution >= 0.6 is 0 Å². The van der Waals surface area contributed by atoms with E-state index in [2.05, 4.69) is 66.1 Å². The lowest BCUT2D eigenvalue weighted by Crippen LogP contribution is -2.40. The second-order valence-corrected chi connectivity index (χ2v) is 8.16. The van der Waals surface area contributed by atoms with Crippen LogP contribution in [-0.4, -0.2) is 25.5 Å². The standard InChI is InChI=1S/C26H26N2O/c1-16(17-5-3-6-17)23(27-2)15-28-26(29)22-14-12-20-10-9-18-7-4-8-19-11-13-21(22)25(20)24(18)19/h4,7-14,23,27H,3,5-6,15H2,1-2H3,(H,28,29). The minimum absolute atomic E-state index is 0.00501. The van der Waals surface area contributed by atoms with E-state index in [4.69, 9.17) is 0 Å². The van der Waals surface area contributed by atoms with Crippen molar-refractivity contribution in [2.45, 2.75) is 32.2 Å². The third kappa shape index (κ3) is 2.97. The number of amides is 1. The maximum Gasteiger partial charge on any atom is 0.251 e. The number of carbonyl (C=O) groups excluding carboxylic acids is 1. The summed E-state index contributed by atoms with van der Waals surface area (Å²) >= 11 is 0. The molecule has 0 radical (unpaired) electrons. The van der Waals surface area contributed by atoms with E-state index >= 15 is 0 Å². The van der Waals surface area contributed by atoms with Gasteiger partial charge in [-0.05, 0) is 71.6 Å². The van der Waals surface area contributed by atoms with Crippen molar-refractivity contribution in [2.75, 3.05) is 13.6 Å². The average molecular weight is 383 g/mol. The van der Waals surface area contributed by atoms with Crippen LogP contribution in [0.15, 0.2) is 65.7 Å². The van der Waals surface area contributed by atoms with Crippen LogP contribution in [-0.2, 0) is 0 Å². The van der Waals surface area contributed by atoms with Crippen molar-refractivity contribution in [3.63, 3.8) is 0 Å². The summed E-state index contributed by atoms with van der Waals surface area (Å²) in [6, 6.07) is 19.1. The summed E-state index contributed by atoms with van der Waals surface area (Å²) in [5, 5.41) is 13.6. The van der Waals surface area contributed by atoms with Crippen molar-refractivity contribution in [2.24, 2.45) is 0 Å². The second-order valence-electron chi connectivity index (χ2n) is 8.16. The van der Waals surface area contributed by atoms with Gasteiger partial charge in [0.05, 0.1) is 0 Å². The zero-order valence-corrected chi connectivity index (χ0v) is 17.0. The lowest BCUT2D eigenvalue weighted by atomic mass is 9.86. The molecule has 5 rings (SSSR count). The summed E-state index contributed by atoms with van der Waals surface area (Å²) < 4.78 is 0. The quantitative estimate of drug-likeness (QED) is 0.358. The predicted octanol–water partition coefficient (Wildman–Crippen LogP) is 5.40. The molecule has 1 atom stereocenters. The van der Waals surface area contributed by atoms with Crippen LogP contribution < -0.4 is 10.6 Å². The lowest BCUT2D eigenvalue weighted by Gasteiger charge is -2.26. The van der Waals surface area contributed by atoms with Crippen LogP contribution in [0.1, 0.15) is 36.5 Å². The number of likely N-dealkylation sites (N-methyl/N-ethyl adjacent to an activating group) is 1. The van der Waals surface area contributed by atoms with Crippen molar-refractivity contribution in [1.82, 2.24) is 10.6 Å². The molecule has 1 aliphatic rings. The zero-order valence-electron chi connectivity index (χ0n) is 17.0. The molecule has 146 valence electrons. The van der Waals surface area contributed by atoms with Gasteiger partial charge in [-0.1, -0.05) is 59.7 Å². The molecule has 0 aliphatic heterocycles. The highest BCUT2D eigenvalue weighted by molar-refractivity contribution is 6.26. The fraction of sp³-hybridized carbons (Fsp3) is 0.269. The van der Waals surface area contributed by atoms with Gasteiger partial charge >= 0.3 is 0 Å². The molecule has 2 N–H and O–H groups in total. The molecule has 1 fully saturated rings. The van der Waals surface area contributed by atoms with Gasteiger partial charge in [0, 0.05) is 18.2 Å². The third-order valence-corrected chi connectivity index (χ3v) is 6.63. The first kappa shape index (κ1) is 18.1. The molecule has 1 aliphatic carbocycles. The molecule has 29 heavy (non-hydrogen) atoms.